The zero-order chi connectivity index (χ0) is 19.7. The molecule has 1 aromatic heterocycles. The van der Waals surface area contributed by atoms with Crippen LogP contribution in [0.3, 0.4) is 0 Å². The van der Waals surface area contributed by atoms with E-state index in [4.69, 9.17) is 9.72 Å². The molecule has 3 aromatic rings. The van der Waals surface area contributed by atoms with Crippen LogP contribution in [0.4, 0.5) is 5.69 Å². The molecule has 0 bridgehead atoms. The average Bonchev–Trinajstić information content (AvgIpc) is 3.23. The van der Waals surface area contributed by atoms with E-state index in [0.29, 0.717) is 13.0 Å². The van der Waals surface area contributed by atoms with Crippen LogP contribution in [0.15, 0.2) is 54.6 Å². The second kappa shape index (κ2) is 7.46. The Morgan fingerprint density at radius 1 is 1.14 bits per heavy atom. The van der Waals surface area contributed by atoms with Crippen LogP contribution in [0, 0.1) is 0 Å². The fourth-order valence-electron chi connectivity index (χ4n) is 3.74. The summed E-state index contributed by atoms with van der Waals surface area (Å²) in [6.07, 6.45) is 0.199. The topological polar surface area (TPSA) is 64.4 Å². The van der Waals surface area contributed by atoms with E-state index in [2.05, 4.69) is 0 Å². The molecule has 1 fully saturated rings. The summed E-state index contributed by atoms with van der Waals surface area (Å²) in [5, 5.41) is 0. The maximum absolute atomic E-state index is 12.6. The quantitative estimate of drug-likeness (QED) is 0.638. The van der Waals surface area contributed by atoms with Crippen molar-refractivity contribution >= 4 is 28.6 Å². The smallest absolute Gasteiger partial charge is 0.326 e. The second-order valence-corrected chi connectivity index (χ2v) is 7.32. The lowest BCUT2D eigenvalue weighted by Gasteiger charge is -2.17. The predicted octanol–water partition coefficient (Wildman–Crippen LogP) is 3.51. The van der Waals surface area contributed by atoms with Gasteiger partial charge in [0.15, 0.2) is 0 Å². The number of benzene rings is 2. The summed E-state index contributed by atoms with van der Waals surface area (Å²) >= 11 is 0. The SMILES string of the molecule is CC(C)OC(=O)Cn1c(C2CC(=O)N(c3ccccc3)C2)nc2ccccc21. The molecular formula is C22H23N3O3. The molecule has 144 valence electrons. The number of fused-ring (bicyclic) bond motifs is 1. The Bertz CT molecular complexity index is 1010. The van der Waals surface area contributed by atoms with Gasteiger partial charge in [0.25, 0.3) is 0 Å². The highest BCUT2D eigenvalue weighted by molar-refractivity contribution is 5.96. The molecule has 0 saturated carbocycles. The van der Waals surface area contributed by atoms with Crippen molar-refractivity contribution in [1.82, 2.24) is 9.55 Å². The number of imidazole rings is 1. The van der Waals surface area contributed by atoms with Gasteiger partial charge in [-0.2, -0.15) is 0 Å². The fourth-order valence-corrected chi connectivity index (χ4v) is 3.74. The number of anilines is 1. The maximum Gasteiger partial charge on any atom is 0.326 e. The number of ether oxygens (including phenoxy) is 1. The minimum absolute atomic E-state index is 0.0690. The van der Waals surface area contributed by atoms with Gasteiger partial charge in [-0.05, 0) is 38.1 Å². The van der Waals surface area contributed by atoms with Gasteiger partial charge < -0.3 is 14.2 Å². The highest BCUT2D eigenvalue weighted by atomic mass is 16.5. The van der Waals surface area contributed by atoms with E-state index >= 15 is 0 Å². The number of para-hydroxylation sites is 3. The van der Waals surface area contributed by atoms with E-state index in [1.165, 1.54) is 0 Å². The Hall–Kier alpha value is -3.15. The van der Waals surface area contributed by atoms with Gasteiger partial charge in [0.1, 0.15) is 12.4 Å². The van der Waals surface area contributed by atoms with Crippen molar-refractivity contribution in [3.8, 4) is 0 Å². The van der Waals surface area contributed by atoms with Crippen molar-refractivity contribution in [1.29, 1.82) is 0 Å². The van der Waals surface area contributed by atoms with Gasteiger partial charge in [-0.25, -0.2) is 4.98 Å². The van der Waals surface area contributed by atoms with Crippen LogP contribution in [0.5, 0.6) is 0 Å². The van der Waals surface area contributed by atoms with Gasteiger partial charge in [-0.15, -0.1) is 0 Å². The van der Waals surface area contributed by atoms with Gasteiger partial charge in [0.05, 0.1) is 17.1 Å². The van der Waals surface area contributed by atoms with E-state index < -0.39 is 0 Å². The van der Waals surface area contributed by atoms with Gasteiger partial charge >= 0.3 is 5.97 Å². The van der Waals surface area contributed by atoms with Crippen molar-refractivity contribution in [2.24, 2.45) is 0 Å². The first-order valence-electron chi connectivity index (χ1n) is 9.53. The number of hydrogen-bond donors (Lipinski definition) is 0. The molecule has 0 N–H and O–H groups in total. The van der Waals surface area contributed by atoms with E-state index in [-0.39, 0.29) is 30.4 Å². The van der Waals surface area contributed by atoms with Crippen molar-refractivity contribution < 1.29 is 14.3 Å². The molecule has 0 spiro atoms. The largest absolute Gasteiger partial charge is 0.462 e. The summed E-state index contributed by atoms with van der Waals surface area (Å²) in [5.74, 6) is 0.448. The number of rotatable bonds is 5. The first-order chi connectivity index (χ1) is 13.5. The third kappa shape index (κ3) is 3.50. The molecule has 6 heteroatoms. The third-order valence-corrected chi connectivity index (χ3v) is 4.90. The molecular weight excluding hydrogens is 354 g/mol. The van der Waals surface area contributed by atoms with Crippen LogP contribution in [-0.4, -0.2) is 34.1 Å². The Morgan fingerprint density at radius 2 is 1.86 bits per heavy atom. The average molecular weight is 377 g/mol. The lowest BCUT2D eigenvalue weighted by molar-refractivity contribution is -0.148. The Labute approximate surface area is 163 Å². The van der Waals surface area contributed by atoms with Crippen LogP contribution in [0.2, 0.25) is 0 Å². The van der Waals surface area contributed by atoms with Crippen LogP contribution in [0.25, 0.3) is 11.0 Å². The standard InChI is InChI=1S/C22H23N3O3/c1-15(2)28-21(27)14-25-19-11-7-6-10-18(19)23-22(25)16-12-20(26)24(13-16)17-8-4-3-5-9-17/h3-11,15-16H,12-14H2,1-2H3. The third-order valence-electron chi connectivity index (χ3n) is 4.90. The molecule has 6 nitrogen and oxygen atoms in total. The Balaban J connectivity index is 1.67. The normalized spacial score (nSPS) is 16.9. The number of aromatic nitrogens is 2. The number of amides is 1. The molecule has 1 aliphatic rings. The summed E-state index contributed by atoms with van der Waals surface area (Å²) < 4.78 is 7.23. The van der Waals surface area contributed by atoms with Crippen LogP contribution in [-0.2, 0) is 20.9 Å². The van der Waals surface area contributed by atoms with Crippen molar-refractivity contribution in [3.63, 3.8) is 0 Å². The van der Waals surface area contributed by atoms with E-state index in [1.54, 1.807) is 4.90 Å². The molecule has 1 saturated heterocycles. The molecule has 2 heterocycles. The molecule has 0 radical (unpaired) electrons. The number of nitrogens with zero attached hydrogens (tertiary/aromatic N) is 3. The van der Waals surface area contributed by atoms with Crippen molar-refractivity contribution in [3.05, 3.63) is 60.4 Å². The van der Waals surface area contributed by atoms with Gasteiger partial charge in [0.2, 0.25) is 5.91 Å². The van der Waals surface area contributed by atoms with Crippen molar-refractivity contribution in [2.45, 2.75) is 38.8 Å². The molecule has 1 aliphatic heterocycles. The molecule has 0 aliphatic carbocycles. The summed E-state index contributed by atoms with van der Waals surface area (Å²) in [6.45, 7) is 4.30. The lowest BCUT2D eigenvalue weighted by atomic mass is 10.1. The number of carbonyl (C=O) groups excluding carboxylic acids is 2. The maximum atomic E-state index is 12.6. The van der Waals surface area contributed by atoms with Crippen LogP contribution < -0.4 is 4.90 Å². The number of esters is 1. The van der Waals surface area contributed by atoms with Gasteiger partial charge in [0, 0.05) is 24.6 Å². The number of hydrogen-bond acceptors (Lipinski definition) is 4. The van der Waals surface area contributed by atoms with Crippen LogP contribution in [0.1, 0.15) is 32.0 Å². The first kappa shape index (κ1) is 18.2. The Morgan fingerprint density at radius 3 is 2.61 bits per heavy atom. The highest BCUT2D eigenvalue weighted by Crippen LogP contribution is 2.33. The molecule has 1 amide bonds. The molecule has 1 atom stereocenters. The predicted molar refractivity (Wildman–Crippen MR) is 107 cm³/mol. The second-order valence-electron chi connectivity index (χ2n) is 7.32. The minimum Gasteiger partial charge on any atom is -0.462 e. The van der Waals surface area contributed by atoms with E-state index in [9.17, 15) is 9.59 Å². The minimum atomic E-state index is -0.302. The molecule has 28 heavy (non-hydrogen) atoms. The monoisotopic (exact) mass is 377 g/mol. The summed E-state index contributed by atoms with van der Waals surface area (Å²) in [4.78, 5) is 31.5. The first-order valence-corrected chi connectivity index (χ1v) is 9.53. The van der Waals surface area contributed by atoms with Crippen molar-refractivity contribution in [2.75, 3.05) is 11.4 Å². The highest BCUT2D eigenvalue weighted by Gasteiger charge is 2.35. The molecule has 1 unspecified atom stereocenters. The fraction of sp³-hybridized carbons (Fsp3) is 0.318. The van der Waals surface area contributed by atoms with Gasteiger partial charge in [-0.1, -0.05) is 30.3 Å². The molecule has 4 rings (SSSR count). The zero-order valence-corrected chi connectivity index (χ0v) is 16.0. The van der Waals surface area contributed by atoms with Crippen LogP contribution >= 0.6 is 0 Å². The van der Waals surface area contributed by atoms with E-state index in [1.807, 2.05) is 73.0 Å². The lowest BCUT2D eigenvalue weighted by Crippen LogP contribution is -2.25. The van der Waals surface area contributed by atoms with E-state index in [0.717, 1.165) is 22.5 Å². The summed E-state index contributed by atoms with van der Waals surface area (Å²) in [7, 11) is 0. The summed E-state index contributed by atoms with van der Waals surface area (Å²) in [5.41, 5.74) is 2.58. The Kier molecular flexibility index (Phi) is 4.86. The molecule has 2 aromatic carbocycles. The van der Waals surface area contributed by atoms with Gasteiger partial charge in [-0.3, -0.25) is 9.59 Å². The number of carbonyl (C=O) groups is 2. The zero-order valence-electron chi connectivity index (χ0n) is 16.0. The summed E-state index contributed by atoms with van der Waals surface area (Å²) in [6, 6.07) is 17.4.